The van der Waals surface area contributed by atoms with E-state index in [0.29, 0.717) is 5.88 Å². The van der Waals surface area contributed by atoms with Crippen LogP contribution < -0.4 is 10.1 Å². The maximum absolute atomic E-state index is 5.52. The Kier molecular flexibility index (Phi) is 4.33. The number of nitrogens with one attached hydrogen (secondary N) is 1. The lowest BCUT2D eigenvalue weighted by molar-refractivity contribution is 0.232. The highest BCUT2D eigenvalue weighted by Gasteiger charge is 2.03. The van der Waals surface area contributed by atoms with E-state index in [1.807, 2.05) is 31.7 Å². The first-order chi connectivity index (χ1) is 9.15. The monoisotopic (exact) mass is 261 g/mol. The van der Waals surface area contributed by atoms with E-state index in [4.69, 9.17) is 4.74 Å². The summed E-state index contributed by atoms with van der Waals surface area (Å²) in [6.45, 7) is 4.70. The maximum Gasteiger partial charge on any atom is 0.218 e. The van der Waals surface area contributed by atoms with Crippen molar-refractivity contribution in [2.45, 2.75) is 26.4 Å². The van der Waals surface area contributed by atoms with Crippen LogP contribution in [-0.2, 0) is 13.5 Å². The molecule has 19 heavy (non-hydrogen) atoms. The van der Waals surface area contributed by atoms with Crippen molar-refractivity contribution in [3.05, 3.63) is 30.6 Å². The van der Waals surface area contributed by atoms with Gasteiger partial charge in [0.25, 0.3) is 0 Å². The van der Waals surface area contributed by atoms with E-state index in [1.165, 1.54) is 6.33 Å². The van der Waals surface area contributed by atoms with Crippen LogP contribution in [0.1, 0.15) is 19.7 Å². The highest BCUT2D eigenvalue weighted by molar-refractivity contribution is 5.37. The average molecular weight is 261 g/mol. The van der Waals surface area contributed by atoms with Gasteiger partial charge in [0, 0.05) is 38.5 Å². The Morgan fingerprint density at radius 3 is 2.84 bits per heavy atom. The summed E-state index contributed by atoms with van der Waals surface area (Å²) in [6, 6.07) is 1.80. The lowest BCUT2D eigenvalue weighted by Gasteiger charge is -2.10. The molecule has 0 aliphatic rings. The van der Waals surface area contributed by atoms with Gasteiger partial charge in [-0.05, 0) is 13.8 Å². The predicted octanol–water partition coefficient (Wildman–Crippen LogP) is 1.65. The number of ether oxygens (including phenoxy) is 1. The minimum absolute atomic E-state index is 0.107. The molecule has 2 rings (SSSR count). The minimum atomic E-state index is 0.107. The summed E-state index contributed by atoms with van der Waals surface area (Å²) in [7, 11) is 1.99. The second kappa shape index (κ2) is 6.17. The molecule has 0 saturated carbocycles. The van der Waals surface area contributed by atoms with Crippen LogP contribution in [0.4, 0.5) is 5.82 Å². The van der Waals surface area contributed by atoms with E-state index in [9.17, 15) is 0 Å². The molecule has 0 atom stereocenters. The summed E-state index contributed by atoms with van der Waals surface area (Å²) in [5.41, 5.74) is 0. The molecule has 6 nitrogen and oxygen atoms in total. The van der Waals surface area contributed by atoms with Gasteiger partial charge in [-0.1, -0.05) is 0 Å². The van der Waals surface area contributed by atoms with Crippen molar-refractivity contribution in [1.82, 2.24) is 19.5 Å². The van der Waals surface area contributed by atoms with Crippen molar-refractivity contribution in [3.63, 3.8) is 0 Å². The molecule has 0 saturated heterocycles. The number of hydrogen-bond donors (Lipinski definition) is 1. The van der Waals surface area contributed by atoms with E-state index in [-0.39, 0.29) is 6.10 Å². The molecule has 0 fully saturated rings. The smallest absolute Gasteiger partial charge is 0.218 e. The Balaban J connectivity index is 1.87. The third kappa shape index (κ3) is 3.94. The molecule has 0 aliphatic heterocycles. The van der Waals surface area contributed by atoms with Crippen molar-refractivity contribution < 1.29 is 4.74 Å². The van der Waals surface area contributed by atoms with Crippen molar-refractivity contribution >= 4 is 5.82 Å². The summed E-state index contributed by atoms with van der Waals surface area (Å²) < 4.78 is 7.53. The van der Waals surface area contributed by atoms with Gasteiger partial charge in [-0.2, -0.15) is 0 Å². The van der Waals surface area contributed by atoms with Crippen LogP contribution in [0.5, 0.6) is 5.88 Å². The van der Waals surface area contributed by atoms with Crippen molar-refractivity contribution in [1.29, 1.82) is 0 Å². The summed E-state index contributed by atoms with van der Waals surface area (Å²) in [4.78, 5) is 12.5. The fourth-order valence-electron chi connectivity index (χ4n) is 1.68. The molecule has 2 aromatic rings. The summed E-state index contributed by atoms with van der Waals surface area (Å²) >= 11 is 0. The largest absolute Gasteiger partial charge is 0.475 e. The summed E-state index contributed by atoms with van der Waals surface area (Å²) in [6.07, 6.45) is 6.19. The number of imidazole rings is 1. The lowest BCUT2D eigenvalue weighted by atomic mass is 10.4. The topological polar surface area (TPSA) is 64.9 Å². The van der Waals surface area contributed by atoms with Gasteiger partial charge in [0.2, 0.25) is 5.88 Å². The van der Waals surface area contributed by atoms with Gasteiger partial charge in [-0.3, -0.25) is 0 Å². The first kappa shape index (κ1) is 13.3. The average Bonchev–Trinajstić information content (AvgIpc) is 2.75. The van der Waals surface area contributed by atoms with Crippen molar-refractivity contribution in [3.8, 4) is 5.88 Å². The van der Waals surface area contributed by atoms with E-state index < -0.39 is 0 Å². The second-order valence-corrected chi connectivity index (χ2v) is 4.54. The van der Waals surface area contributed by atoms with Gasteiger partial charge in [0.15, 0.2) is 0 Å². The number of hydrogen-bond acceptors (Lipinski definition) is 5. The predicted molar refractivity (Wildman–Crippen MR) is 73.2 cm³/mol. The van der Waals surface area contributed by atoms with Gasteiger partial charge in [-0.15, -0.1) is 0 Å². The Bertz CT molecular complexity index is 523. The second-order valence-electron chi connectivity index (χ2n) is 4.54. The molecule has 2 heterocycles. The molecular weight excluding hydrogens is 242 g/mol. The quantitative estimate of drug-likeness (QED) is 0.856. The lowest BCUT2D eigenvalue weighted by Crippen LogP contribution is -2.11. The third-order valence-corrected chi connectivity index (χ3v) is 2.57. The molecule has 102 valence electrons. The molecule has 0 aromatic carbocycles. The van der Waals surface area contributed by atoms with E-state index in [0.717, 1.165) is 24.6 Å². The molecule has 0 radical (unpaired) electrons. The molecule has 2 aromatic heterocycles. The summed E-state index contributed by atoms with van der Waals surface area (Å²) in [5, 5.41) is 3.24. The standard InChI is InChI=1S/C13H19N5O/c1-10(2)19-13-8-11(16-9-17-13)14-5-4-12-15-6-7-18(12)3/h6-10H,4-5H2,1-3H3,(H,14,16,17). The Labute approximate surface area is 112 Å². The molecule has 0 spiro atoms. The van der Waals surface area contributed by atoms with E-state index >= 15 is 0 Å². The normalized spacial score (nSPS) is 10.7. The van der Waals surface area contributed by atoms with E-state index in [2.05, 4.69) is 20.3 Å². The number of aryl methyl sites for hydroxylation is 1. The molecule has 0 bridgehead atoms. The highest BCUT2D eigenvalue weighted by Crippen LogP contribution is 2.12. The van der Waals surface area contributed by atoms with Crippen LogP contribution in [0, 0.1) is 0 Å². The molecule has 1 N–H and O–H groups in total. The Morgan fingerprint density at radius 1 is 1.32 bits per heavy atom. The van der Waals surface area contributed by atoms with Gasteiger partial charge < -0.3 is 14.6 Å². The van der Waals surface area contributed by atoms with Crippen LogP contribution >= 0.6 is 0 Å². The zero-order valence-corrected chi connectivity index (χ0v) is 11.5. The van der Waals surface area contributed by atoms with Crippen molar-refractivity contribution in [2.75, 3.05) is 11.9 Å². The first-order valence-corrected chi connectivity index (χ1v) is 6.34. The first-order valence-electron chi connectivity index (χ1n) is 6.34. The van der Waals surface area contributed by atoms with Crippen LogP contribution in [0.3, 0.4) is 0 Å². The number of anilines is 1. The molecule has 6 heteroatoms. The molecule has 0 unspecified atom stereocenters. The number of rotatable bonds is 6. The van der Waals surface area contributed by atoms with Crippen LogP contribution in [0.15, 0.2) is 24.8 Å². The summed E-state index contributed by atoms with van der Waals surface area (Å²) in [5.74, 6) is 2.39. The fourth-order valence-corrected chi connectivity index (χ4v) is 1.68. The fraction of sp³-hybridized carbons (Fsp3) is 0.462. The van der Waals surface area contributed by atoms with Crippen LogP contribution in [0.2, 0.25) is 0 Å². The SMILES string of the molecule is CC(C)Oc1cc(NCCc2nccn2C)ncn1. The van der Waals surface area contributed by atoms with Gasteiger partial charge in [-0.25, -0.2) is 15.0 Å². The zero-order chi connectivity index (χ0) is 13.7. The van der Waals surface area contributed by atoms with Gasteiger partial charge >= 0.3 is 0 Å². The van der Waals surface area contributed by atoms with Crippen LogP contribution in [-0.4, -0.2) is 32.2 Å². The maximum atomic E-state index is 5.52. The third-order valence-electron chi connectivity index (χ3n) is 2.57. The van der Waals surface area contributed by atoms with E-state index in [1.54, 1.807) is 12.3 Å². The van der Waals surface area contributed by atoms with Gasteiger partial charge in [0.05, 0.1) is 6.10 Å². The number of aromatic nitrogens is 4. The Hall–Kier alpha value is -2.11. The zero-order valence-electron chi connectivity index (χ0n) is 11.5. The highest BCUT2D eigenvalue weighted by atomic mass is 16.5. The molecule has 0 aliphatic carbocycles. The van der Waals surface area contributed by atoms with Crippen molar-refractivity contribution in [2.24, 2.45) is 7.05 Å². The minimum Gasteiger partial charge on any atom is -0.475 e. The number of nitrogens with zero attached hydrogens (tertiary/aromatic N) is 4. The van der Waals surface area contributed by atoms with Crippen LogP contribution in [0.25, 0.3) is 0 Å². The molecule has 0 amide bonds. The Morgan fingerprint density at radius 2 is 2.16 bits per heavy atom. The van der Waals surface area contributed by atoms with Gasteiger partial charge in [0.1, 0.15) is 18.0 Å². The molecular formula is C13H19N5O.